The fourth-order valence-corrected chi connectivity index (χ4v) is 1.90. The van der Waals surface area contributed by atoms with E-state index in [0.717, 1.165) is 23.6 Å². The van der Waals surface area contributed by atoms with Crippen LogP contribution in [0, 0.1) is 0 Å². The van der Waals surface area contributed by atoms with Crippen molar-refractivity contribution >= 4 is 34.7 Å². The van der Waals surface area contributed by atoms with Gasteiger partial charge in [-0.25, -0.2) is 4.98 Å². The number of nitrogens with zero attached hydrogens (tertiary/aromatic N) is 4. The molecule has 2 aromatic heterocycles. The van der Waals surface area contributed by atoms with Gasteiger partial charge in [-0.05, 0) is 6.26 Å². The van der Waals surface area contributed by atoms with Crippen LogP contribution in [0.25, 0.3) is 11.2 Å². The Morgan fingerprint density at radius 2 is 2.31 bits per heavy atom. The standard InChI is InChI=1S/C9H14N6S/c1-15(3-4-16-2)8-6-7(12-5-11-6)13-9(10)14-8/h5H,3-4H2,1-2H3,(H3,10,11,12,13,14). The maximum atomic E-state index is 5.64. The van der Waals surface area contributed by atoms with E-state index in [1.165, 1.54) is 0 Å². The fourth-order valence-electron chi connectivity index (χ4n) is 1.44. The van der Waals surface area contributed by atoms with Gasteiger partial charge in [0.05, 0.1) is 6.33 Å². The van der Waals surface area contributed by atoms with E-state index in [2.05, 4.69) is 31.1 Å². The number of hydrogen-bond acceptors (Lipinski definition) is 6. The van der Waals surface area contributed by atoms with Crippen molar-refractivity contribution in [1.82, 2.24) is 19.9 Å². The van der Waals surface area contributed by atoms with Gasteiger partial charge in [0.2, 0.25) is 5.95 Å². The molecule has 16 heavy (non-hydrogen) atoms. The third kappa shape index (κ3) is 2.04. The van der Waals surface area contributed by atoms with Crippen LogP contribution in [0.15, 0.2) is 6.33 Å². The highest BCUT2D eigenvalue weighted by Crippen LogP contribution is 2.20. The summed E-state index contributed by atoms with van der Waals surface area (Å²) in [6.45, 7) is 0.908. The van der Waals surface area contributed by atoms with Crippen molar-refractivity contribution in [3.63, 3.8) is 0 Å². The van der Waals surface area contributed by atoms with Crippen molar-refractivity contribution in [1.29, 1.82) is 0 Å². The lowest BCUT2D eigenvalue weighted by Crippen LogP contribution is -2.22. The predicted octanol–water partition coefficient (Wildman–Crippen LogP) is 0.734. The zero-order chi connectivity index (χ0) is 11.5. The van der Waals surface area contributed by atoms with Crippen LogP contribution in [-0.2, 0) is 0 Å². The summed E-state index contributed by atoms with van der Waals surface area (Å²) in [5, 5.41) is 0. The average molecular weight is 238 g/mol. The van der Waals surface area contributed by atoms with E-state index in [-0.39, 0.29) is 5.95 Å². The van der Waals surface area contributed by atoms with Gasteiger partial charge in [0.25, 0.3) is 0 Å². The first-order valence-electron chi connectivity index (χ1n) is 4.89. The summed E-state index contributed by atoms with van der Waals surface area (Å²) < 4.78 is 0. The topological polar surface area (TPSA) is 83.7 Å². The van der Waals surface area contributed by atoms with E-state index in [1.54, 1.807) is 18.1 Å². The highest BCUT2D eigenvalue weighted by atomic mass is 32.2. The number of hydrogen-bond donors (Lipinski definition) is 2. The van der Waals surface area contributed by atoms with Crippen LogP contribution in [0.4, 0.5) is 11.8 Å². The molecule has 0 bridgehead atoms. The van der Waals surface area contributed by atoms with Crippen molar-refractivity contribution in [2.24, 2.45) is 0 Å². The van der Waals surface area contributed by atoms with E-state index < -0.39 is 0 Å². The first-order valence-corrected chi connectivity index (χ1v) is 6.28. The second-order valence-electron chi connectivity index (χ2n) is 3.42. The van der Waals surface area contributed by atoms with Crippen LogP contribution in [0.3, 0.4) is 0 Å². The van der Waals surface area contributed by atoms with Crippen LogP contribution in [-0.4, -0.2) is 45.5 Å². The van der Waals surface area contributed by atoms with Crippen LogP contribution in [0.5, 0.6) is 0 Å². The second-order valence-corrected chi connectivity index (χ2v) is 4.41. The summed E-state index contributed by atoms with van der Waals surface area (Å²) in [5.41, 5.74) is 7.08. The Balaban J connectivity index is 2.38. The summed E-state index contributed by atoms with van der Waals surface area (Å²) >= 11 is 1.79. The van der Waals surface area contributed by atoms with Crippen molar-refractivity contribution in [2.75, 3.05) is 36.2 Å². The Morgan fingerprint density at radius 3 is 3.06 bits per heavy atom. The molecule has 6 nitrogen and oxygen atoms in total. The Bertz CT molecular complexity index is 482. The highest BCUT2D eigenvalue weighted by molar-refractivity contribution is 7.98. The maximum Gasteiger partial charge on any atom is 0.224 e. The third-order valence-corrected chi connectivity index (χ3v) is 2.87. The third-order valence-electron chi connectivity index (χ3n) is 2.28. The number of nitrogen functional groups attached to an aromatic ring is 1. The minimum Gasteiger partial charge on any atom is -0.368 e. The van der Waals surface area contributed by atoms with E-state index in [0.29, 0.717) is 5.65 Å². The molecule has 0 fully saturated rings. The molecule has 0 aliphatic carbocycles. The van der Waals surface area contributed by atoms with Gasteiger partial charge < -0.3 is 15.6 Å². The van der Waals surface area contributed by atoms with Crippen LogP contribution >= 0.6 is 11.8 Å². The van der Waals surface area contributed by atoms with Crippen molar-refractivity contribution in [3.05, 3.63) is 6.33 Å². The molecule has 2 rings (SSSR count). The average Bonchev–Trinajstić information content (AvgIpc) is 2.72. The summed E-state index contributed by atoms with van der Waals surface area (Å²) in [6.07, 6.45) is 3.68. The first-order chi connectivity index (χ1) is 7.72. The zero-order valence-electron chi connectivity index (χ0n) is 9.27. The number of anilines is 2. The SMILES string of the molecule is CSCCN(C)c1nc(N)nc2nc[nH]c12. The normalized spacial score (nSPS) is 10.9. The van der Waals surface area contributed by atoms with E-state index in [9.17, 15) is 0 Å². The Labute approximate surface area is 97.7 Å². The molecule has 2 aromatic rings. The van der Waals surface area contributed by atoms with Gasteiger partial charge in [-0.1, -0.05) is 0 Å². The van der Waals surface area contributed by atoms with E-state index >= 15 is 0 Å². The lowest BCUT2D eigenvalue weighted by Gasteiger charge is -2.17. The quantitative estimate of drug-likeness (QED) is 0.817. The molecule has 86 valence electrons. The molecule has 7 heteroatoms. The summed E-state index contributed by atoms with van der Waals surface area (Å²) in [5.74, 6) is 2.09. The predicted molar refractivity (Wildman–Crippen MR) is 67.7 cm³/mol. The molecule has 0 atom stereocenters. The molecule has 0 aromatic carbocycles. The number of rotatable bonds is 4. The van der Waals surface area contributed by atoms with Gasteiger partial charge in [0.15, 0.2) is 11.5 Å². The largest absolute Gasteiger partial charge is 0.368 e. The molecule has 3 N–H and O–H groups in total. The van der Waals surface area contributed by atoms with Gasteiger partial charge in [-0.2, -0.15) is 21.7 Å². The molecule has 0 aliphatic rings. The second kappa shape index (κ2) is 4.56. The van der Waals surface area contributed by atoms with Crippen LogP contribution < -0.4 is 10.6 Å². The van der Waals surface area contributed by atoms with Crippen molar-refractivity contribution in [3.8, 4) is 0 Å². The summed E-state index contributed by atoms with van der Waals surface area (Å²) in [4.78, 5) is 17.5. The van der Waals surface area contributed by atoms with Gasteiger partial charge >= 0.3 is 0 Å². The lowest BCUT2D eigenvalue weighted by atomic mass is 10.4. The molecule has 0 aliphatic heterocycles. The first kappa shape index (κ1) is 11.0. The molecular formula is C9H14N6S. The highest BCUT2D eigenvalue weighted by Gasteiger charge is 2.11. The molecule has 0 amide bonds. The van der Waals surface area contributed by atoms with Crippen molar-refractivity contribution in [2.45, 2.75) is 0 Å². The minimum atomic E-state index is 0.255. The smallest absolute Gasteiger partial charge is 0.224 e. The number of fused-ring (bicyclic) bond motifs is 1. The molecule has 0 spiro atoms. The molecular weight excluding hydrogens is 224 g/mol. The number of thioether (sulfide) groups is 1. The lowest BCUT2D eigenvalue weighted by molar-refractivity contribution is 0.948. The monoisotopic (exact) mass is 238 g/mol. The Hall–Kier alpha value is -1.50. The number of H-pyrrole nitrogens is 1. The number of imidazole rings is 1. The summed E-state index contributed by atoms with van der Waals surface area (Å²) in [7, 11) is 1.98. The maximum absolute atomic E-state index is 5.64. The molecule has 0 saturated carbocycles. The Morgan fingerprint density at radius 1 is 1.50 bits per heavy atom. The molecule has 0 radical (unpaired) electrons. The van der Waals surface area contributed by atoms with Gasteiger partial charge in [0.1, 0.15) is 5.52 Å². The van der Waals surface area contributed by atoms with Crippen LogP contribution in [0.1, 0.15) is 0 Å². The molecule has 2 heterocycles. The number of aromatic amines is 1. The van der Waals surface area contributed by atoms with E-state index in [4.69, 9.17) is 5.73 Å². The van der Waals surface area contributed by atoms with Gasteiger partial charge in [0, 0.05) is 19.3 Å². The minimum absolute atomic E-state index is 0.255. The van der Waals surface area contributed by atoms with E-state index in [1.807, 2.05) is 7.05 Å². The summed E-state index contributed by atoms with van der Waals surface area (Å²) in [6, 6.07) is 0. The molecule has 0 unspecified atom stereocenters. The number of nitrogens with two attached hydrogens (primary N) is 1. The van der Waals surface area contributed by atoms with Gasteiger partial charge in [-0.3, -0.25) is 0 Å². The molecule has 0 saturated heterocycles. The Kier molecular flexibility index (Phi) is 3.14. The van der Waals surface area contributed by atoms with Crippen LogP contribution in [0.2, 0.25) is 0 Å². The fraction of sp³-hybridized carbons (Fsp3) is 0.444. The number of aromatic nitrogens is 4. The van der Waals surface area contributed by atoms with Crippen molar-refractivity contribution < 1.29 is 0 Å². The number of nitrogens with one attached hydrogen (secondary N) is 1. The zero-order valence-corrected chi connectivity index (χ0v) is 10.1. The van der Waals surface area contributed by atoms with Gasteiger partial charge in [-0.15, -0.1) is 0 Å².